The predicted octanol–water partition coefficient (Wildman–Crippen LogP) is 5.02. The number of halogens is 2. The second-order valence-electron chi connectivity index (χ2n) is 6.54. The molecule has 1 aliphatic carbocycles. The van der Waals surface area contributed by atoms with Crippen LogP contribution in [0.25, 0.3) is 0 Å². The van der Waals surface area contributed by atoms with Crippen molar-refractivity contribution in [2.45, 2.75) is 35.4 Å². The van der Waals surface area contributed by atoms with Crippen molar-refractivity contribution in [1.29, 1.82) is 0 Å². The van der Waals surface area contributed by atoms with Crippen LogP contribution in [0.1, 0.15) is 30.7 Å². The third-order valence-corrected chi connectivity index (χ3v) is 7.30. The Morgan fingerprint density at radius 3 is 2.96 bits per heavy atom. The molecule has 1 aliphatic rings. The van der Waals surface area contributed by atoms with Crippen molar-refractivity contribution in [1.82, 2.24) is 9.88 Å². The van der Waals surface area contributed by atoms with Crippen LogP contribution in [0.2, 0.25) is 0 Å². The molecule has 3 rings (SSSR count). The van der Waals surface area contributed by atoms with Gasteiger partial charge < -0.3 is 10.0 Å². The number of carbonyl (C=O) groups excluding carboxylic acids is 1. The molecule has 0 aliphatic heterocycles. The van der Waals surface area contributed by atoms with Crippen LogP contribution in [0.4, 0.5) is 14.3 Å². The minimum Gasteiger partial charge on any atom is -0.481 e. The number of rotatable bonds is 6. The molecule has 1 aromatic heterocycles. The summed E-state index contributed by atoms with van der Waals surface area (Å²) in [6.45, 7) is 0. The van der Waals surface area contributed by atoms with Gasteiger partial charge in [0.1, 0.15) is 5.82 Å². The topological polar surface area (TPSA) is 82.5 Å². The number of hydrogen-bond donors (Lipinski definition) is 2. The maximum atomic E-state index is 14.2. The smallest absolute Gasteiger partial charge is 0.323 e. The number of thiazole rings is 1. The van der Waals surface area contributed by atoms with Gasteiger partial charge in [-0.3, -0.25) is 10.1 Å². The van der Waals surface area contributed by atoms with Gasteiger partial charge >= 0.3 is 12.0 Å². The zero-order valence-electron chi connectivity index (χ0n) is 15.0. The normalized spacial score (nSPS) is 18.8. The predicted molar refractivity (Wildman–Crippen MR) is 112 cm³/mol. The number of carbonyl (C=O) groups is 2. The number of carboxylic acid groups (broad SMARTS) is 1. The highest BCUT2D eigenvalue weighted by Gasteiger charge is 2.32. The fourth-order valence-corrected chi connectivity index (χ4v) is 5.20. The van der Waals surface area contributed by atoms with E-state index in [2.05, 4.69) is 26.2 Å². The number of benzene rings is 1. The molecule has 28 heavy (non-hydrogen) atoms. The fraction of sp³-hybridized carbons (Fsp3) is 0.389. The fourth-order valence-electron chi connectivity index (χ4n) is 3.29. The van der Waals surface area contributed by atoms with E-state index in [9.17, 15) is 14.0 Å². The van der Waals surface area contributed by atoms with Crippen LogP contribution in [0.3, 0.4) is 0 Å². The van der Waals surface area contributed by atoms with Gasteiger partial charge in [0, 0.05) is 17.6 Å². The Kier molecular flexibility index (Phi) is 6.95. The van der Waals surface area contributed by atoms with Crippen LogP contribution >= 0.6 is 39.0 Å². The molecule has 0 saturated heterocycles. The van der Waals surface area contributed by atoms with E-state index < -0.39 is 5.97 Å². The van der Waals surface area contributed by atoms with E-state index in [1.807, 2.05) is 6.07 Å². The minimum absolute atomic E-state index is 0.0221. The first kappa shape index (κ1) is 21.1. The van der Waals surface area contributed by atoms with Crippen molar-refractivity contribution in [3.05, 3.63) is 40.2 Å². The zero-order chi connectivity index (χ0) is 20.3. The highest BCUT2D eigenvalue weighted by atomic mass is 79.9. The Bertz CT molecular complexity index is 880. The Morgan fingerprint density at radius 2 is 2.25 bits per heavy atom. The molecule has 6 nitrogen and oxygen atoms in total. The molecule has 150 valence electrons. The van der Waals surface area contributed by atoms with Crippen molar-refractivity contribution in [3.63, 3.8) is 0 Å². The van der Waals surface area contributed by atoms with E-state index in [0.717, 1.165) is 28.8 Å². The molecular weight excluding hydrogens is 469 g/mol. The van der Waals surface area contributed by atoms with E-state index in [-0.39, 0.29) is 29.6 Å². The average Bonchev–Trinajstić information content (AvgIpc) is 3.29. The number of hydrogen-bond acceptors (Lipinski definition) is 5. The molecule has 1 fully saturated rings. The summed E-state index contributed by atoms with van der Waals surface area (Å²) in [5, 5.41) is 11.9. The molecule has 0 spiro atoms. The summed E-state index contributed by atoms with van der Waals surface area (Å²) >= 11 is 5.68. The first-order valence-electron chi connectivity index (χ1n) is 8.62. The van der Waals surface area contributed by atoms with Gasteiger partial charge in [0.2, 0.25) is 0 Å². The lowest BCUT2D eigenvalue weighted by Crippen LogP contribution is -2.38. The maximum Gasteiger partial charge on any atom is 0.323 e. The van der Waals surface area contributed by atoms with Crippen LogP contribution in [0.5, 0.6) is 0 Å². The average molecular weight is 488 g/mol. The number of nitrogens with one attached hydrogen (secondary N) is 1. The molecule has 2 N–H and O–H groups in total. The number of thioether (sulfide) groups is 1. The summed E-state index contributed by atoms with van der Waals surface area (Å²) in [5.74, 6) is -1.08. The number of aliphatic carboxylic acids is 1. The third kappa shape index (κ3) is 5.24. The monoisotopic (exact) mass is 487 g/mol. The number of carboxylic acids is 1. The lowest BCUT2D eigenvalue weighted by molar-refractivity contribution is -0.133. The van der Waals surface area contributed by atoms with Crippen LogP contribution in [0.15, 0.2) is 33.1 Å². The van der Waals surface area contributed by atoms with E-state index in [4.69, 9.17) is 5.11 Å². The Hall–Kier alpha value is -1.65. The molecule has 1 aromatic carbocycles. The van der Waals surface area contributed by atoms with Gasteiger partial charge in [-0.25, -0.2) is 14.2 Å². The molecule has 1 heterocycles. The Morgan fingerprint density at radius 1 is 1.46 bits per heavy atom. The van der Waals surface area contributed by atoms with Crippen molar-refractivity contribution in [3.8, 4) is 0 Å². The third-order valence-electron chi connectivity index (χ3n) is 4.71. The molecule has 2 atom stereocenters. The van der Waals surface area contributed by atoms with Gasteiger partial charge in [-0.15, -0.1) is 11.8 Å². The molecule has 0 radical (unpaired) electrons. The molecule has 10 heteroatoms. The number of urea groups is 1. The maximum absolute atomic E-state index is 14.2. The molecular formula is C18H19BrFN3O3S2. The largest absolute Gasteiger partial charge is 0.481 e. The van der Waals surface area contributed by atoms with Crippen molar-refractivity contribution >= 4 is 56.2 Å². The summed E-state index contributed by atoms with van der Waals surface area (Å²) in [7, 11) is 1.73. The minimum atomic E-state index is -0.901. The summed E-state index contributed by atoms with van der Waals surface area (Å²) in [5.41, 5.74) is 0.694. The van der Waals surface area contributed by atoms with Crippen LogP contribution in [-0.2, 0) is 4.79 Å². The Labute approximate surface area is 178 Å². The van der Waals surface area contributed by atoms with Crippen molar-refractivity contribution in [2.75, 3.05) is 18.1 Å². The number of aromatic nitrogens is 1. The summed E-state index contributed by atoms with van der Waals surface area (Å²) < 4.78 is 15.7. The van der Waals surface area contributed by atoms with Gasteiger partial charge in [0.05, 0.1) is 16.2 Å². The number of nitrogens with zero attached hydrogens (tertiary/aromatic N) is 2. The van der Waals surface area contributed by atoms with Gasteiger partial charge in [-0.2, -0.15) is 0 Å². The summed E-state index contributed by atoms with van der Waals surface area (Å²) in [6, 6.07) is 4.87. The molecule has 1 saturated carbocycles. The zero-order valence-corrected chi connectivity index (χ0v) is 18.2. The number of amides is 2. The highest BCUT2D eigenvalue weighted by Crippen LogP contribution is 2.38. The second-order valence-corrected chi connectivity index (χ2v) is 9.76. The van der Waals surface area contributed by atoms with Gasteiger partial charge in [-0.1, -0.05) is 33.3 Å². The highest BCUT2D eigenvalue weighted by molar-refractivity contribution is 9.10. The first-order chi connectivity index (χ1) is 13.3. The summed E-state index contributed by atoms with van der Waals surface area (Å²) in [6.07, 6.45) is 3.89. The van der Waals surface area contributed by atoms with E-state index >= 15 is 0 Å². The van der Waals surface area contributed by atoms with Crippen molar-refractivity contribution in [2.24, 2.45) is 0 Å². The lowest BCUT2D eigenvalue weighted by atomic mass is 9.97. The van der Waals surface area contributed by atoms with Gasteiger partial charge in [-0.05, 0) is 42.9 Å². The van der Waals surface area contributed by atoms with E-state index in [1.54, 1.807) is 24.2 Å². The van der Waals surface area contributed by atoms with E-state index in [0.29, 0.717) is 21.6 Å². The Balaban J connectivity index is 1.56. The van der Waals surface area contributed by atoms with Crippen LogP contribution < -0.4 is 5.32 Å². The standard InChI is InChI=1S/C18H19BrFN3O3S2/c1-23(18(26)22-17-21-8-16(28-17)27-9-15(24)25)12-4-2-10(6-12)13-5-3-11(19)7-14(13)20/h3,5,7-8,10,12H,2,4,6,9H2,1H3,(H,24,25)(H,21,22,26). The van der Waals surface area contributed by atoms with E-state index in [1.165, 1.54) is 17.4 Å². The second kappa shape index (κ2) is 9.23. The molecule has 0 bridgehead atoms. The SMILES string of the molecule is CN(C(=O)Nc1ncc(SCC(=O)O)s1)C1CCC(c2ccc(Br)cc2F)C1. The molecule has 2 unspecified atom stereocenters. The summed E-state index contributed by atoms with van der Waals surface area (Å²) in [4.78, 5) is 28.9. The molecule has 2 aromatic rings. The number of anilines is 1. The van der Waals surface area contributed by atoms with Gasteiger partial charge in [0.15, 0.2) is 5.13 Å². The van der Waals surface area contributed by atoms with Crippen LogP contribution in [0, 0.1) is 5.82 Å². The molecule has 2 amide bonds. The lowest BCUT2D eigenvalue weighted by Gasteiger charge is -2.24. The van der Waals surface area contributed by atoms with Crippen LogP contribution in [-0.4, -0.2) is 45.8 Å². The van der Waals surface area contributed by atoms with Gasteiger partial charge in [0.25, 0.3) is 0 Å². The first-order valence-corrected chi connectivity index (χ1v) is 11.2. The quantitative estimate of drug-likeness (QED) is 0.558. The van der Waals surface area contributed by atoms with Crippen molar-refractivity contribution < 1.29 is 19.1 Å².